The molecule has 0 bridgehead atoms. The maximum atomic E-state index is 13.0. The van der Waals surface area contributed by atoms with Gasteiger partial charge in [-0.1, -0.05) is 26.0 Å². The Morgan fingerprint density at radius 2 is 1.87 bits per heavy atom. The van der Waals surface area contributed by atoms with Gasteiger partial charge in [-0.15, -0.1) is 0 Å². The quantitative estimate of drug-likeness (QED) is 0.890. The van der Waals surface area contributed by atoms with Crippen molar-refractivity contribution in [2.75, 3.05) is 10.2 Å². The van der Waals surface area contributed by atoms with E-state index >= 15 is 0 Å². The summed E-state index contributed by atoms with van der Waals surface area (Å²) in [5.41, 5.74) is 1.31. The van der Waals surface area contributed by atoms with Crippen LogP contribution in [0.25, 0.3) is 0 Å². The molecule has 0 fully saturated rings. The highest BCUT2D eigenvalue weighted by atomic mass is 16.2. The Hall–Kier alpha value is -2.89. The normalized spacial score (nSPS) is 16.9. The van der Waals surface area contributed by atoms with Gasteiger partial charge in [-0.3, -0.25) is 19.3 Å². The first-order valence-electron chi connectivity index (χ1n) is 7.41. The van der Waals surface area contributed by atoms with Gasteiger partial charge in [0, 0.05) is 12.3 Å². The van der Waals surface area contributed by atoms with Gasteiger partial charge in [-0.25, -0.2) is 0 Å². The first kappa shape index (κ1) is 15.0. The van der Waals surface area contributed by atoms with E-state index in [2.05, 4.69) is 10.3 Å². The lowest BCUT2D eigenvalue weighted by atomic mass is 9.96. The predicted octanol–water partition coefficient (Wildman–Crippen LogP) is 2.00. The molecule has 2 aromatic rings. The number of fused-ring (bicyclic) bond motifs is 1. The number of amides is 2. The van der Waals surface area contributed by atoms with E-state index in [-0.39, 0.29) is 23.3 Å². The summed E-state index contributed by atoms with van der Waals surface area (Å²) in [5.74, 6) is -0.589. The summed E-state index contributed by atoms with van der Waals surface area (Å²) in [4.78, 5) is 40.6. The van der Waals surface area contributed by atoms with E-state index in [1.165, 1.54) is 23.2 Å². The maximum Gasteiger partial charge on any atom is 0.260 e. The number of anilines is 2. The first-order chi connectivity index (χ1) is 11.0. The third kappa shape index (κ3) is 2.63. The summed E-state index contributed by atoms with van der Waals surface area (Å²) in [7, 11) is 0. The van der Waals surface area contributed by atoms with E-state index in [0.29, 0.717) is 16.9 Å². The largest absolute Gasteiger partial charge is 0.328 e. The Morgan fingerprint density at radius 1 is 1.13 bits per heavy atom. The summed E-state index contributed by atoms with van der Waals surface area (Å²) in [6, 6.07) is 9.34. The number of carbonyl (C=O) groups excluding carboxylic acids is 2. The van der Waals surface area contributed by atoms with Crippen molar-refractivity contribution in [3.8, 4) is 0 Å². The second-order valence-electron chi connectivity index (χ2n) is 5.81. The molecule has 0 saturated carbocycles. The summed E-state index contributed by atoms with van der Waals surface area (Å²) < 4.78 is 0. The van der Waals surface area contributed by atoms with Crippen LogP contribution in [-0.4, -0.2) is 22.8 Å². The van der Waals surface area contributed by atoms with E-state index in [0.717, 1.165) is 0 Å². The molecular formula is C17H17N3O3. The van der Waals surface area contributed by atoms with Gasteiger partial charge in [0.05, 0.1) is 16.9 Å². The molecule has 2 amide bonds. The smallest absolute Gasteiger partial charge is 0.260 e. The van der Waals surface area contributed by atoms with Crippen molar-refractivity contribution >= 4 is 23.2 Å². The molecule has 2 heterocycles. The highest BCUT2D eigenvalue weighted by Crippen LogP contribution is 2.35. The van der Waals surface area contributed by atoms with Gasteiger partial charge >= 0.3 is 0 Å². The number of hydrogen-bond acceptors (Lipinski definition) is 3. The Kier molecular flexibility index (Phi) is 3.73. The van der Waals surface area contributed by atoms with E-state index < -0.39 is 6.04 Å². The maximum absolute atomic E-state index is 13.0. The molecule has 2 N–H and O–H groups in total. The van der Waals surface area contributed by atoms with Crippen LogP contribution < -0.4 is 15.8 Å². The summed E-state index contributed by atoms with van der Waals surface area (Å²) >= 11 is 0. The standard InChI is InChI=1S/C17H17N3O3/c1-10(2)15-16(22)19-12-5-3-4-6-13(12)20(15)17(23)11-7-8-14(21)18-9-11/h3-10,15H,1-2H3,(H,18,21)(H,19,22). The molecular weight excluding hydrogens is 294 g/mol. The zero-order valence-corrected chi connectivity index (χ0v) is 12.9. The average Bonchev–Trinajstić information content (AvgIpc) is 2.53. The van der Waals surface area contributed by atoms with Gasteiger partial charge in [-0.05, 0) is 24.1 Å². The molecule has 0 aliphatic carbocycles. The molecule has 6 heteroatoms. The lowest BCUT2D eigenvalue weighted by Gasteiger charge is -2.38. The van der Waals surface area contributed by atoms with Crippen molar-refractivity contribution in [2.24, 2.45) is 5.92 Å². The van der Waals surface area contributed by atoms with Crippen LogP contribution in [0.1, 0.15) is 24.2 Å². The zero-order valence-electron chi connectivity index (χ0n) is 12.9. The second-order valence-corrected chi connectivity index (χ2v) is 5.81. The fourth-order valence-electron chi connectivity index (χ4n) is 2.78. The molecule has 0 spiro atoms. The topological polar surface area (TPSA) is 82.3 Å². The van der Waals surface area contributed by atoms with Crippen LogP contribution in [0.2, 0.25) is 0 Å². The molecule has 1 aliphatic rings. The average molecular weight is 311 g/mol. The number of nitrogens with zero attached hydrogens (tertiary/aromatic N) is 1. The number of aromatic amines is 1. The van der Waals surface area contributed by atoms with Crippen molar-refractivity contribution in [1.82, 2.24) is 4.98 Å². The van der Waals surface area contributed by atoms with Gasteiger partial charge in [-0.2, -0.15) is 0 Å². The number of hydrogen-bond donors (Lipinski definition) is 2. The van der Waals surface area contributed by atoms with Gasteiger partial charge in [0.15, 0.2) is 0 Å². The number of aromatic nitrogens is 1. The molecule has 1 aromatic heterocycles. The third-order valence-corrected chi connectivity index (χ3v) is 3.85. The van der Waals surface area contributed by atoms with Gasteiger partial charge in [0.1, 0.15) is 6.04 Å². The van der Waals surface area contributed by atoms with Crippen molar-refractivity contribution in [1.29, 1.82) is 0 Å². The van der Waals surface area contributed by atoms with Crippen LogP contribution in [0.4, 0.5) is 11.4 Å². The molecule has 6 nitrogen and oxygen atoms in total. The summed E-state index contributed by atoms with van der Waals surface area (Å²) in [6.45, 7) is 3.79. The summed E-state index contributed by atoms with van der Waals surface area (Å²) in [6.07, 6.45) is 1.37. The van der Waals surface area contributed by atoms with Crippen LogP contribution in [0.15, 0.2) is 47.4 Å². The minimum absolute atomic E-state index is 0.0601. The van der Waals surface area contributed by atoms with E-state index in [9.17, 15) is 14.4 Å². The fourth-order valence-corrected chi connectivity index (χ4v) is 2.78. The van der Waals surface area contributed by atoms with Crippen molar-refractivity contribution in [2.45, 2.75) is 19.9 Å². The zero-order chi connectivity index (χ0) is 16.6. The Balaban J connectivity index is 2.12. The second kappa shape index (κ2) is 5.72. The SMILES string of the molecule is CC(C)C1C(=O)Nc2ccccc2N1C(=O)c1ccc(=O)[nH]c1. The number of H-pyrrole nitrogens is 1. The van der Waals surface area contributed by atoms with Crippen molar-refractivity contribution in [3.63, 3.8) is 0 Å². The molecule has 23 heavy (non-hydrogen) atoms. The number of pyridine rings is 1. The van der Waals surface area contributed by atoms with E-state index in [1.54, 1.807) is 18.2 Å². The minimum Gasteiger partial charge on any atom is -0.328 e. The molecule has 0 radical (unpaired) electrons. The number of benzene rings is 1. The number of nitrogens with one attached hydrogen (secondary N) is 2. The number of rotatable bonds is 2. The van der Waals surface area contributed by atoms with E-state index in [1.807, 2.05) is 19.9 Å². The molecule has 1 unspecified atom stereocenters. The van der Waals surface area contributed by atoms with Crippen molar-refractivity contribution < 1.29 is 9.59 Å². The third-order valence-electron chi connectivity index (χ3n) is 3.85. The lowest BCUT2D eigenvalue weighted by molar-refractivity contribution is -0.118. The number of carbonyl (C=O) groups is 2. The van der Waals surface area contributed by atoms with Crippen molar-refractivity contribution in [3.05, 3.63) is 58.5 Å². The minimum atomic E-state index is -0.607. The lowest BCUT2D eigenvalue weighted by Crippen LogP contribution is -2.53. The highest BCUT2D eigenvalue weighted by molar-refractivity contribution is 6.16. The van der Waals surface area contributed by atoms with Gasteiger partial charge in [0.2, 0.25) is 11.5 Å². The fraction of sp³-hybridized carbons (Fsp3) is 0.235. The van der Waals surface area contributed by atoms with Gasteiger partial charge < -0.3 is 10.3 Å². The summed E-state index contributed by atoms with van der Waals surface area (Å²) in [5, 5.41) is 2.85. The molecule has 1 aliphatic heterocycles. The highest BCUT2D eigenvalue weighted by Gasteiger charge is 2.38. The monoisotopic (exact) mass is 311 g/mol. The Labute approximate surface area is 133 Å². The van der Waals surface area contributed by atoms with E-state index in [4.69, 9.17) is 0 Å². The number of para-hydroxylation sites is 2. The molecule has 0 saturated heterocycles. The predicted molar refractivity (Wildman–Crippen MR) is 87.6 cm³/mol. The molecule has 3 rings (SSSR count). The Morgan fingerprint density at radius 3 is 2.52 bits per heavy atom. The van der Waals surface area contributed by atoms with Crippen LogP contribution in [0.3, 0.4) is 0 Å². The van der Waals surface area contributed by atoms with Crippen LogP contribution in [0.5, 0.6) is 0 Å². The molecule has 118 valence electrons. The first-order valence-corrected chi connectivity index (χ1v) is 7.41. The van der Waals surface area contributed by atoms with Crippen LogP contribution in [0, 0.1) is 5.92 Å². The molecule has 1 atom stereocenters. The molecule has 1 aromatic carbocycles. The van der Waals surface area contributed by atoms with Crippen LogP contribution >= 0.6 is 0 Å². The Bertz CT molecular complexity index is 805. The van der Waals surface area contributed by atoms with Gasteiger partial charge in [0.25, 0.3) is 5.91 Å². The van der Waals surface area contributed by atoms with Crippen LogP contribution in [-0.2, 0) is 4.79 Å².